The molecule has 6 nitrogen and oxygen atoms in total. The molecule has 18 heavy (non-hydrogen) atoms. The van der Waals surface area contributed by atoms with E-state index in [4.69, 9.17) is 5.73 Å². The Morgan fingerprint density at radius 3 is 2.83 bits per heavy atom. The minimum absolute atomic E-state index is 0.300. The lowest BCUT2D eigenvalue weighted by Gasteiger charge is -2.01. The molecule has 1 aromatic heterocycles. The molecular formula is C11H13N5OS. The van der Waals surface area contributed by atoms with Gasteiger partial charge in [0.05, 0.1) is 5.69 Å². The number of hydrogen-bond donors (Lipinski definition) is 1. The molecule has 0 spiro atoms. The largest absolute Gasteiger partial charge is 0.330 e. The third kappa shape index (κ3) is 2.88. The summed E-state index contributed by atoms with van der Waals surface area (Å²) in [4.78, 5) is 0. The van der Waals surface area contributed by atoms with Crippen LogP contribution in [0.4, 0.5) is 0 Å². The van der Waals surface area contributed by atoms with Crippen LogP contribution in [0.25, 0.3) is 5.69 Å². The van der Waals surface area contributed by atoms with Crippen molar-refractivity contribution in [3.05, 3.63) is 41.8 Å². The van der Waals surface area contributed by atoms with Crippen molar-refractivity contribution < 1.29 is 4.21 Å². The second-order valence-corrected chi connectivity index (χ2v) is 4.69. The van der Waals surface area contributed by atoms with E-state index >= 15 is 0 Å². The molecule has 1 atom stereocenters. The van der Waals surface area contributed by atoms with Crippen LogP contribution in [0.2, 0.25) is 0 Å². The van der Waals surface area contributed by atoms with E-state index in [1.54, 1.807) is 11.5 Å². The van der Waals surface area contributed by atoms with Gasteiger partial charge < -0.3 is 5.73 Å². The van der Waals surface area contributed by atoms with Crippen LogP contribution in [0.15, 0.2) is 47.0 Å². The molecule has 7 heteroatoms. The average Bonchev–Trinajstić information content (AvgIpc) is 2.89. The van der Waals surface area contributed by atoms with Crippen molar-refractivity contribution >= 4 is 10.8 Å². The van der Waals surface area contributed by atoms with Crippen molar-refractivity contribution in [2.75, 3.05) is 6.54 Å². The molecule has 0 radical (unpaired) electrons. The fraction of sp³-hybridized carbons (Fsp3) is 0.182. The second-order valence-electron chi connectivity index (χ2n) is 3.46. The standard InChI is InChI=1S/C11H13N5OS/c12-8-4-5-9-18(17)11-13-14-15-16(11)10-6-2-1-3-7-10/h1-3,5-7,9H,4,8,12H2/b9-5+. The van der Waals surface area contributed by atoms with Gasteiger partial charge in [0.15, 0.2) is 0 Å². The molecule has 0 amide bonds. The maximum atomic E-state index is 12.0. The first-order valence-corrected chi connectivity index (χ1v) is 6.65. The third-order valence-corrected chi connectivity index (χ3v) is 3.23. The average molecular weight is 263 g/mol. The van der Waals surface area contributed by atoms with Crippen molar-refractivity contribution in [2.24, 2.45) is 5.73 Å². The molecule has 2 N–H and O–H groups in total. The lowest BCUT2D eigenvalue weighted by atomic mass is 10.3. The molecule has 0 saturated carbocycles. The molecular weight excluding hydrogens is 250 g/mol. The summed E-state index contributed by atoms with van der Waals surface area (Å²) in [7, 11) is -1.38. The minimum atomic E-state index is -1.38. The number of tetrazole rings is 1. The van der Waals surface area contributed by atoms with Gasteiger partial charge >= 0.3 is 0 Å². The van der Waals surface area contributed by atoms with Gasteiger partial charge in [0, 0.05) is 5.41 Å². The van der Waals surface area contributed by atoms with Gasteiger partial charge in [0.1, 0.15) is 10.8 Å². The van der Waals surface area contributed by atoms with Gasteiger partial charge in [-0.05, 0) is 35.5 Å². The Morgan fingerprint density at radius 1 is 1.33 bits per heavy atom. The highest BCUT2D eigenvalue weighted by molar-refractivity contribution is 7.87. The Labute approximate surface area is 107 Å². The van der Waals surface area contributed by atoms with Gasteiger partial charge in [-0.15, -0.1) is 0 Å². The number of para-hydroxylation sites is 1. The lowest BCUT2D eigenvalue weighted by Crippen LogP contribution is -2.04. The van der Waals surface area contributed by atoms with Crippen molar-refractivity contribution in [1.82, 2.24) is 20.2 Å². The predicted molar refractivity (Wildman–Crippen MR) is 68.4 cm³/mol. The zero-order valence-corrected chi connectivity index (χ0v) is 10.5. The Bertz CT molecular complexity index is 552. The minimum Gasteiger partial charge on any atom is -0.330 e. The van der Waals surface area contributed by atoms with Crippen molar-refractivity contribution in [1.29, 1.82) is 0 Å². The summed E-state index contributed by atoms with van der Waals surface area (Å²) in [5.74, 6) is 0. The molecule has 0 aliphatic carbocycles. The zero-order valence-electron chi connectivity index (χ0n) is 9.64. The first kappa shape index (κ1) is 12.6. The highest BCUT2D eigenvalue weighted by Gasteiger charge is 2.12. The first-order valence-electron chi connectivity index (χ1n) is 5.44. The number of aromatic nitrogens is 4. The molecule has 0 fully saturated rings. The summed E-state index contributed by atoms with van der Waals surface area (Å²) in [5.41, 5.74) is 6.13. The summed E-state index contributed by atoms with van der Waals surface area (Å²) in [5, 5.41) is 13.0. The van der Waals surface area contributed by atoms with Gasteiger partial charge in [0.2, 0.25) is 5.16 Å². The number of hydrogen-bond acceptors (Lipinski definition) is 5. The summed E-state index contributed by atoms with van der Waals surface area (Å²) in [6.07, 6.45) is 2.44. The Morgan fingerprint density at radius 2 is 2.11 bits per heavy atom. The highest BCUT2D eigenvalue weighted by atomic mass is 32.2. The van der Waals surface area contributed by atoms with Crippen molar-refractivity contribution in [2.45, 2.75) is 11.6 Å². The SMILES string of the molecule is NCC/C=C/S(=O)c1nnnn1-c1ccccc1. The highest BCUT2D eigenvalue weighted by Crippen LogP contribution is 2.10. The van der Waals surface area contributed by atoms with Gasteiger partial charge in [0.25, 0.3) is 0 Å². The molecule has 1 heterocycles. The van der Waals surface area contributed by atoms with Crippen LogP contribution in [-0.2, 0) is 10.8 Å². The van der Waals surface area contributed by atoms with Crippen LogP contribution < -0.4 is 5.73 Å². The monoisotopic (exact) mass is 263 g/mol. The number of nitrogens with zero attached hydrogens (tertiary/aromatic N) is 4. The predicted octanol–water partition coefficient (Wildman–Crippen LogP) is 0.632. The smallest absolute Gasteiger partial charge is 0.248 e. The van der Waals surface area contributed by atoms with Crippen LogP contribution in [-0.4, -0.2) is 31.0 Å². The Hall–Kier alpha value is -1.86. The first-order chi connectivity index (χ1) is 8.83. The molecule has 2 rings (SSSR count). The lowest BCUT2D eigenvalue weighted by molar-refractivity contribution is 0.672. The van der Waals surface area contributed by atoms with Crippen molar-refractivity contribution in [3.8, 4) is 5.69 Å². The zero-order chi connectivity index (χ0) is 12.8. The van der Waals surface area contributed by atoms with E-state index in [1.807, 2.05) is 30.3 Å². The van der Waals surface area contributed by atoms with E-state index in [-0.39, 0.29) is 0 Å². The van der Waals surface area contributed by atoms with Crippen LogP contribution >= 0.6 is 0 Å². The fourth-order valence-electron chi connectivity index (χ4n) is 1.35. The summed E-state index contributed by atoms with van der Waals surface area (Å²) in [6.45, 7) is 0.525. The molecule has 0 aliphatic heterocycles. The fourth-order valence-corrected chi connectivity index (χ4v) is 2.21. The van der Waals surface area contributed by atoms with E-state index in [9.17, 15) is 4.21 Å². The number of benzene rings is 1. The molecule has 0 aliphatic rings. The van der Waals surface area contributed by atoms with Crippen LogP contribution in [0.3, 0.4) is 0 Å². The Kier molecular flexibility index (Phi) is 4.32. The molecule has 1 aromatic carbocycles. The third-order valence-electron chi connectivity index (χ3n) is 2.17. The maximum absolute atomic E-state index is 12.0. The molecule has 2 aromatic rings. The van der Waals surface area contributed by atoms with Gasteiger partial charge in [-0.3, -0.25) is 0 Å². The summed E-state index contributed by atoms with van der Waals surface area (Å²) in [6, 6.07) is 9.33. The Balaban J connectivity index is 2.26. The molecule has 0 bridgehead atoms. The van der Waals surface area contributed by atoms with E-state index in [2.05, 4.69) is 15.5 Å². The molecule has 94 valence electrons. The summed E-state index contributed by atoms with van der Waals surface area (Å²) < 4.78 is 13.5. The normalized spacial score (nSPS) is 12.9. The number of nitrogens with two attached hydrogens (primary N) is 1. The second kappa shape index (κ2) is 6.18. The van der Waals surface area contributed by atoms with Crippen LogP contribution in [0.5, 0.6) is 0 Å². The molecule has 0 saturated heterocycles. The van der Waals surface area contributed by atoms with Gasteiger partial charge in [-0.1, -0.05) is 29.4 Å². The quantitative estimate of drug-likeness (QED) is 0.855. The van der Waals surface area contributed by atoms with Gasteiger partial charge in [-0.2, -0.15) is 4.68 Å². The van der Waals surface area contributed by atoms with E-state index in [1.165, 1.54) is 4.68 Å². The number of rotatable bonds is 5. The van der Waals surface area contributed by atoms with Crippen LogP contribution in [0, 0.1) is 0 Å². The molecule has 1 unspecified atom stereocenters. The van der Waals surface area contributed by atoms with Crippen LogP contribution in [0.1, 0.15) is 6.42 Å². The van der Waals surface area contributed by atoms with E-state index < -0.39 is 10.8 Å². The van der Waals surface area contributed by atoms with Gasteiger partial charge in [-0.25, -0.2) is 4.21 Å². The summed E-state index contributed by atoms with van der Waals surface area (Å²) >= 11 is 0. The van der Waals surface area contributed by atoms with E-state index in [0.717, 1.165) is 5.69 Å². The topological polar surface area (TPSA) is 86.7 Å². The maximum Gasteiger partial charge on any atom is 0.248 e. The van der Waals surface area contributed by atoms with E-state index in [0.29, 0.717) is 18.1 Å². The van der Waals surface area contributed by atoms with Crippen molar-refractivity contribution in [3.63, 3.8) is 0 Å².